The molecule has 1 amide bonds. The highest BCUT2D eigenvalue weighted by atomic mass is 16.5. The van der Waals surface area contributed by atoms with Gasteiger partial charge in [-0.3, -0.25) is 4.79 Å². The highest BCUT2D eigenvalue weighted by Crippen LogP contribution is 2.20. The van der Waals surface area contributed by atoms with Crippen molar-refractivity contribution < 1.29 is 9.53 Å². The van der Waals surface area contributed by atoms with Crippen LogP contribution < -0.4 is 10.2 Å². The van der Waals surface area contributed by atoms with Gasteiger partial charge in [-0.05, 0) is 43.5 Å². The van der Waals surface area contributed by atoms with Crippen molar-refractivity contribution in [1.29, 1.82) is 0 Å². The number of anilines is 1. The number of methoxy groups -OCH3 is 1. The number of nitrogens with zero attached hydrogens (tertiary/aromatic N) is 1. The van der Waals surface area contributed by atoms with Gasteiger partial charge < -0.3 is 15.0 Å². The first-order valence-corrected chi connectivity index (χ1v) is 6.93. The van der Waals surface area contributed by atoms with E-state index in [9.17, 15) is 4.79 Å². The molecule has 1 aromatic carbocycles. The van der Waals surface area contributed by atoms with E-state index in [2.05, 4.69) is 10.2 Å². The molecule has 1 aromatic rings. The number of hydrogen-bond acceptors (Lipinski definition) is 3. The molecule has 1 saturated heterocycles. The molecule has 1 N–H and O–H groups in total. The largest absolute Gasteiger partial charge is 0.383 e. The first-order chi connectivity index (χ1) is 9.31. The molecule has 2 rings (SSSR count). The van der Waals surface area contributed by atoms with Crippen LogP contribution in [-0.2, 0) is 4.74 Å². The van der Waals surface area contributed by atoms with Crippen LogP contribution in [0.15, 0.2) is 24.3 Å². The monoisotopic (exact) mass is 262 g/mol. The van der Waals surface area contributed by atoms with E-state index in [1.807, 2.05) is 24.3 Å². The van der Waals surface area contributed by atoms with E-state index in [1.165, 1.54) is 24.9 Å². The van der Waals surface area contributed by atoms with Crippen molar-refractivity contribution in [3.05, 3.63) is 29.8 Å². The lowest BCUT2D eigenvalue weighted by Crippen LogP contribution is -2.29. The maximum atomic E-state index is 11.8. The van der Waals surface area contributed by atoms with Gasteiger partial charge in [0.2, 0.25) is 0 Å². The van der Waals surface area contributed by atoms with Crippen LogP contribution in [0, 0.1) is 0 Å². The number of piperidine rings is 1. The normalized spacial score (nSPS) is 15.3. The zero-order valence-electron chi connectivity index (χ0n) is 11.5. The Kier molecular flexibility index (Phi) is 5.21. The molecule has 1 fully saturated rings. The van der Waals surface area contributed by atoms with E-state index >= 15 is 0 Å². The summed E-state index contributed by atoms with van der Waals surface area (Å²) < 4.78 is 4.91. The lowest BCUT2D eigenvalue weighted by atomic mass is 10.1. The van der Waals surface area contributed by atoms with Gasteiger partial charge in [0.05, 0.1) is 6.61 Å². The van der Waals surface area contributed by atoms with Crippen LogP contribution in [0.1, 0.15) is 29.6 Å². The van der Waals surface area contributed by atoms with E-state index in [1.54, 1.807) is 7.11 Å². The van der Waals surface area contributed by atoms with Crippen LogP contribution in [0.4, 0.5) is 5.69 Å². The molecule has 0 atom stereocenters. The molecule has 1 aliphatic rings. The Bertz CT molecular complexity index is 397. The van der Waals surface area contributed by atoms with Crippen molar-refractivity contribution in [1.82, 2.24) is 5.32 Å². The summed E-state index contributed by atoms with van der Waals surface area (Å²) in [6.07, 6.45) is 3.86. The fraction of sp³-hybridized carbons (Fsp3) is 0.533. The molecule has 0 bridgehead atoms. The highest BCUT2D eigenvalue weighted by Gasteiger charge is 2.11. The fourth-order valence-corrected chi connectivity index (χ4v) is 2.34. The van der Waals surface area contributed by atoms with E-state index in [0.29, 0.717) is 18.7 Å². The quantitative estimate of drug-likeness (QED) is 0.826. The third-order valence-corrected chi connectivity index (χ3v) is 3.44. The first-order valence-electron chi connectivity index (χ1n) is 6.93. The first kappa shape index (κ1) is 13.9. The Hall–Kier alpha value is -1.55. The van der Waals surface area contributed by atoms with Crippen molar-refractivity contribution in [2.75, 3.05) is 38.3 Å². The number of carbonyl (C=O) groups excluding carboxylic acids is 1. The molecule has 4 heteroatoms. The zero-order chi connectivity index (χ0) is 13.5. The van der Waals surface area contributed by atoms with E-state index in [-0.39, 0.29) is 5.91 Å². The standard InChI is InChI=1S/C15H22N2O2/c1-19-12-9-16-15(18)13-5-7-14(8-6-13)17-10-3-2-4-11-17/h5-8H,2-4,9-12H2,1H3,(H,16,18). The van der Waals surface area contributed by atoms with Gasteiger partial charge in [-0.1, -0.05) is 0 Å². The van der Waals surface area contributed by atoms with Crippen LogP contribution >= 0.6 is 0 Å². The van der Waals surface area contributed by atoms with Crippen LogP contribution in [-0.4, -0.2) is 39.3 Å². The number of ether oxygens (including phenoxy) is 1. The Morgan fingerprint density at radius 3 is 2.53 bits per heavy atom. The van der Waals surface area contributed by atoms with E-state index in [4.69, 9.17) is 4.74 Å². The summed E-state index contributed by atoms with van der Waals surface area (Å²) in [7, 11) is 1.62. The molecule has 0 aromatic heterocycles. The van der Waals surface area contributed by atoms with Crippen molar-refractivity contribution in [2.24, 2.45) is 0 Å². The van der Waals surface area contributed by atoms with Crippen molar-refractivity contribution in [3.8, 4) is 0 Å². The number of carbonyl (C=O) groups is 1. The fourth-order valence-electron chi connectivity index (χ4n) is 2.34. The van der Waals surface area contributed by atoms with Gasteiger partial charge >= 0.3 is 0 Å². The third kappa shape index (κ3) is 3.96. The second-order valence-electron chi connectivity index (χ2n) is 4.84. The summed E-state index contributed by atoms with van der Waals surface area (Å²) in [5.74, 6) is -0.0396. The number of nitrogens with one attached hydrogen (secondary N) is 1. The summed E-state index contributed by atoms with van der Waals surface area (Å²) in [5, 5.41) is 2.82. The van der Waals surface area contributed by atoms with Crippen molar-refractivity contribution in [2.45, 2.75) is 19.3 Å². The summed E-state index contributed by atoms with van der Waals surface area (Å²) in [5.41, 5.74) is 1.92. The second kappa shape index (κ2) is 7.14. The molecule has 0 unspecified atom stereocenters. The zero-order valence-corrected chi connectivity index (χ0v) is 11.5. The summed E-state index contributed by atoms with van der Waals surface area (Å²) in [4.78, 5) is 14.2. The summed E-state index contributed by atoms with van der Waals surface area (Å²) in [6.45, 7) is 3.33. The minimum absolute atomic E-state index is 0.0396. The maximum absolute atomic E-state index is 11.8. The maximum Gasteiger partial charge on any atom is 0.251 e. The Morgan fingerprint density at radius 1 is 1.21 bits per heavy atom. The topological polar surface area (TPSA) is 41.6 Å². The van der Waals surface area contributed by atoms with Crippen molar-refractivity contribution in [3.63, 3.8) is 0 Å². The van der Waals surface area contributed by atoms with E-state index < -0.39 is 0 Å². The average Bonchev–Trinajstić information content (AvgIpc) is 2.48. The van der Waals surface area contributed by atoms with Gasteiger partial charge in [-0.2, -0.15) is 0 Å². The minimum atomic E-state index is -0.0396. The predicted molar refractivity (Wildman–Crippen MR) is 76.7 cm³/mol. The molecule has 0 aliphatic carbocycles. The van der Waals surface area contributed by atoms with Gasteiger partial charge in [-0.25, -0.2) is 0 Å². The predicted octanol–water partition coefficient (Wildman–Crippen LogP) is 2.05. The van der Waals surface area contributed by atoms with Gasteiger partial charge in [0.15, 0.2) is 0 Å². The molecular formula is C15H22N2O2. The van der Waals surface area contributed by atoms with Crippen LogP contribution in [0.3, 0.4) is 0 Å². The number of amides is 1. The number of hydrogen-bond donors (Lipinski definition) is 1. The molecule has 1 aliphatic heterocycles. The lowest BCUT2D eigenvalue weighted by Gasteiger charge is -2.28. The van der Waals surface area contributed by atoms with E-state index in [0.717, 1.165) is 13.1 Å². The van der Waals surface area contributed by atoms with Crippen LogP contribution in [0.5, 0.6) is 0 Å². The lowest BCUT2D eigenvalue weighted by molar-refractivity contribution is 0.0937. The molecule has 1 heterocycles. The Morgan fingerprint density at radius 2 is 1.89 bits per heavy atom. The molecule has 0 saturated carbocycles. The summed E-state index contributed by atoms with van der Waals surface area (Å²) in [6, 6.07) is 7.87. The highest BCUT2D eigenvalue weighted by molar-refractivity contribution is 5.94. The SMILES string of the molecule is COCCNC(=O)c1ccc(N2CCCCC2)cc1. The van der Waals surface area contributed by atoms with Crippen LogP contribution in [0.2, 0.25) is 0 Å². The smallest absolute Gasteiger partial charge is 0.251 e. The van der Waals surface area contributed by atoms with Gasteiger partial charge in [0.1, 0.15) is 0 Å². The molecule has 0 radical (unpaired) electrons. The van der Waals surface area contributed by atoms with Gasteiger partial charge in [-0.15, -0.1) is 0 Å². The van der Waals surface area contributed by atoms with Crippen molar-refractivity contribution >= 4 is 11.6 Å². The molecule has 19 heavy (non-hydrogen) atoms. The molecular weight excluding hydrogens is 240 g/mol. The van der Waals surface area contributed by atoms with Crippen LogP contribution in [0.25, 0.3) is 0 Å². The number of rotatable bonds is 5. The average molecular weight is 262 g/mol. The van der Waals surface area contributed by atoms with Gasteiger partial charge in [0.25, 0.3) is 5.91 Å². The number of benzene rings is 1. The van der Waals surface area contributed by atoms with Gasteiger partial charge in [0, 0.05) is 38.0 Å². The summed E-state index contributed by atoms with van der Waals surface area (Å²) >= 11 is 0. The second-order valence-corrected chi connectivity index (χ2v) is 4.84. The third-order valence-electron chi connectivity index (χ3n) is 3.44. The minimum Gasteiger partial charge on any atom is -0.383 e. The Balaban J connectivity index is 1.91. The Labute approximate surface area is 114 Å². The molecule has 104 valence electrons. The molecule has 4 nitrogen and oxygen atoms in total. The molecule has 0 spiro atoms.